The smallest absolute Gasteiger partial charge is 0.254 e. The third-order valence-corrected chi connectivity index (χ3v) is 4.19. The molecule has 1 aromatic rings. The van der Waals surface area contributed by atoms with E-state index >= 15 is 0 Å². The number of ether oxygens (including phenoxy) is 1. The minimum Gasteiger partial charge on any atom is -0.373 e. The summed E-state index contributed by atoms with van der Waals surface area (Å²) in [4.78, 5) is 14.4. The van der Waals surface area contributed by atoms with Crippen LogP contribution < -0.4 is 0 Å². The number of rotatable bonds is 2. The Bertz CT molecular complexity index is 479. The van der Waals surface area contributed by atoms with E-state index in [1.807, 2.05) is 18.7 Å². The first-order chi connectivity index (χ1) is 9.04. The lowest BCUT2D eigenvalue weighted by Gasteiger charge is -2.37. The molecule has 1 aliphatic rings. The number of hydrogen-bond donors (Lipinski definition) is 0. The normalized spacial score (nSPS) is 23.5. The maximum Gasteiger partial charge on any atom is 0.254 e. The summed E-state index contributed by atoms with van der Waals surface area (Å²) in [5.74, 6) is 0.385. The quantitative estimate of drug-likeness (QED) is 0.786. The number of morpholine rings is 1. The Kier molecular flexibility index (Phi) is 4.71. The van der Waals surface area contributed by atoms with Gasteiger partial charge < -0.3 is 9.64 Å². The van der Waals surface area contributed by atoms with E-state index in [1.165, 1.54) is 0 Å². The summed E-state index contributed by atoms with van der Waals surface area (Å²) >= 11 is 11.9. The molecule has 0 radical (unpaired) electrons. The van der Waals surface area contributed by atoms with Crippen LogP contribution in [0.5, 0.6) is 0 Å². The molecule has 2 unspecified atom stereocenters. The predicted octanol–water partition coefficient (Wildman–Crippen LogP) is 3.12. The highest BCUT2D eigenvalue weighted by Gasteiger charge is 2.30. The van der Waals surface area contributed by atoms with Gasteiger partial charge in [0.15, 0.2) is 0 Å². The molecule has 3 nitrogen and oxygen atoms in total. The van der Waals surface area contributed by atoms with Gasteiger partial charge in [0.2, 0.25) is 0 Å². The SMILES string of the molecule is Cc1c(Cl)cccc1C(=O)N1CC(CCl)OCC1C. The van der Waals surface area contributed by atoms with Gasteiger partial charge in [-0.15, -0.1) is 11.6 Å². The lowest BCUT2D eigenvalue weighted by atomic mass is 10.1. The lowest BCUT2D eigenvalue weighted by molar-refractivity contribution is -0.0372. The van der Waals surface area contributed by atoms with Gasteiger partial charge in [-0.25, -0.2) is 0 Å². The van der Waals surface area contributed by atoms with Crippen LogP contribution in [0.4, 0.5) is 0 Å². The maximum absolute atomic E-state index is 12.6. The van der Waals surface area contributed by atoms with Gasteiger partial charge in [-0.1, -0.05) is 17.7 Å². The van der Waals surface area contributed by atoms with Gasteiger partial charge in [0, 0.05) is 17.1 Å². The van der Waals surface area contributed by atoms with Crippen LogP contribution in [0.3, 0.4) is 0 Å². The number of amides is 1. The first kappa shape index (κ1) is 14.6. The zero-order chi connectivity index (χ0) is 14.0. The summed E-state index contributed by atoms with van der Waals surface area (Å²) < 4.78 is 5.56. The molecule has 1 amide bonds. The van der Waals surface area contributed by atoms with Crippen molar-refractivity contribution >= 4 is 29.1 Å². The molecule has 0 saturated carbocycles. The monoisotopic (exact) mass is 301 g/mol. The van der Waals surface area contributed by atoms with Crippen LogP contribution in [-0.4, -0.2) is 42.0 Å². The summed E-state index contributed by atoms with van der Waals surface area (Å²) in [6, 6.07) is 5.44. The Labute approximate surface area is 123 Å². The van der Waals surface area contributed by atoms with Crippen molar-refractivity contribution in [3.05, 3.63) is 34.3 Å². The third-order valence-electron chi connectivity index (χ3n) is 3.44. The van der Waals surface area contributed by atoms with E-state index < -0.39 is 0 Å². The number of carbonyl (C=O) groups excluding carboxylic acids is 1. The first-order valence-electron chi connectivity index (χ1n) is 6.28. The molecule has 0 aromatic heterocycles. The van der Waals surface area contributed by atoms with E-state index in [9.17, 15) is 4.79 Å². The third kappa shape index (κ3) is 3.04. The highest BCUT2D eigenvalue weighted by Crippen LogP contribution is 2.22. The van der Waals surface area contributed by atoms with Gasteiger partial charge in [-0.2, -0.15) is 0 Å². The number of benzene rings is 1. The highest BCUT2D eigenvalue weighted by molar-refractivity contribution is 6.31. The summed E-state index contributed by atoms with van der Waals surface area (Å²) in [6.07, 6.45) is -0.0960. The lowest BCUT2D eigenvalue weighted by Crippen LogP contribution is -2.51. The molecule has 0 spiro atoms. The van der Waals surface area contributed by atoms with Gasteiger partial charge in [0.05, 0.1) is 24.6 Å². The molecule has 2 rings (SSSR count). The standard InChI is InChI=1S/C14H17Cl2NO2/c1-9-8-19-11(6-15)7-17(9)14(18)12-4-3-5-13(16)10(12)2/h3-5,9,11H,6-8H2,1-2H3. The van der Waals surface area contributed by atoms with Crippen LogP contribution in [0.25, 0.3) is 0 Å². The molecule has 5 heteroatoms. The van der Waals surface area contributed by atoms with Crippen molar-refractivity contribution in [3.63, 3.8) is 0 Å². The van der Waals surface area contributed by atoms with Crippen LogP contribution in [0.1, 0.15) is 22.8 Å². The Morgan fingerprint density at radius 1 is 1.53 bits per heavy atom. The number of hydrogen-bond acceptors (Lipinski definition) is 2. The molecular weight excluding hydrogens is 285 g/mol. The van der Waals surface area contributed by atoms with Crippen LogP contribution in [0.2, 0.25) is 5.02 Å². The molecule has 0 N–H and O–H groups in total. The molecule has 1 fully saturated rings. The number of carbonyl (C=O) groups is 1. The molecule has 1 saturated heterocycles. The van der Waals surface area contributed by atoms with Crippen molar-refractivity contribution in [1.82, 2.24) is 4.90 Å². The number of nitrogens with zero attached hydrogens (tertiary/aromatic N) is 1. The molecule has 104 valence electrons. The van der Waals surface area contributed by atoms with Gasteiger partial charge in [-0.3, -0.25) is 4.79 Å². The molecule has 0 aliphatic carbocycles. The topological polar surface area (TPSA) is 29.5 Å². The summed E-state index contributed by atoms with van der Waals surface area (Å²) in [5, 5.41) is 0.612. The molecule has 0 bridgehead atoms. The maximum atomic E-state index is 12.6. The Morgan fingerprint density at radius 2 is 2.26 bits per heavy atom. The second-order valence-electron chi connectivity index (χ2n) is 4.83. The van der Waals surface area contributed by atoms with Gasteiger partial charge in [0.25, 0.3) is 5.91 Å². The van der Waals surface area contributed by atoms with E-state index in [0.717, 1.165) is 5.56 Å². The Balaban J connectivity index is 2.24. The molecule has 1 heterocycles. The average molecular weight is 302 g/mol. The fourth-order valence-corrected chi connectivity index (χ4v) is 2.55. The predicted molar refractivity (Wildman–Crippen MR) is 77.1 cm³/mol. The van der Waals surface area contributed by atoms with Gasteiger partial charge in [-0.05, 0) is 31.5 Å². The second kappa shape index (κ2) is 6.12. The fourth-order valence-electron chi connectivity index (χ4n) is 2.19. The number of alkyl halides is 1. The van der Waals surface area contributed by atoms with Crippen molar-refractivity contribution in [2.24, 2.45) is 0 Å². The van der Waals surface area contributed by atoms with Crippen LogP contribution in [-0.2, 0) is 4.74 Å². The van der Waals surface area contributed by atoms with Crippen molar-refractivity contribution < 1.29 is 9.53 Å². The highest BCUT2D eigenvalue weighted by atomic mass is 35.5. The van der Waals surface area contributed by atoms with E-state index in [0.29, 0.717) is 29.6 Å². The molecule has 19 heavy (non-hydrogen) atoms. The molecular formula is C14H17Cl2NO2. The van der Waals surface area contributed by atoms with Gasteiger partial charge in [0.1, 0.15) is 0 Å². The average Bonchev–Trinajstić information content (AvgIpc) is 2.42. The Hall–Kier alpha value is -0.770. The minimum absolute atomic E-state index is 0.00841. The molecule has 2 atom stereocenters. The zero-order valence-electron chi connectivity index (χ0n) is 11.0. The van der Waals surface area contributed by atoms with Crippen LogP contribution >= 0.6 is 23.2 Å². The molecule has 1 aliphatic heterocycles. The number of halogens is 2. The summed E-state index contributed by atoms with van der Waals surface area (Å²) in [5.41, 5.74) is 1.46. The van der Waals surface area contributed by atoms with E-state index in [-0.39, 0.29) is 18.1 Å². The van der Waals surface area contributed by atoms with Crippen molar-refractivity contribution in [2.75, 3.05) is 19.0 Å². The van der Waals surface area contributed by atoms with Crippen LogP contribution in [0.15, 0.2) is 18.2 Å². The first-order valence-corrected chi connectivity index (χ1v) is 7.19. The van der Waals surface area contributed by atoms with Crippen molar-refractivity contribution in [1.29, 1.82) is 0 Å². The van der Waals surface area contributed by atoms with Crippen molar-refractivity contribution in [2.45, 2.75) is 26.0 Å². The van der Waals surface area contributed by atoms with E-state index in [1.54, 1.807) is 18.2 Å². The minimum atomic E-state index is -0.0960. The van der Waals surface area contributed by atoms with E-state index in [4.69, 9.17) is 27.9 Å². The second-order valence-corrected chi connectivity index (χ2v) is 5.54. The van der Waals surface area contributed by atoms with Crippen LogP contribution in [0, 0.1) is 6.92 Å². The zero-order valence-corrected chi connectivity index (χ0v) is 12.5. The Morgan fingerprint density at radius 3 is 2.95 bits per heavy atom. The van der Waals surface area contributed by atoms with Gasteiger partial charge >= 0.3 is 0 Å². The molecule has 1 aromatic carbocycles. The van der Waals surface area contributed by atoms with E-state index in [2.05, 4.69) is 0 Å². The summed E-state index contributed by atoms with van der Waals surface area (Å²) in [7, 11) is 0. The largest absolute Gasteiger partial charge is 0.373 e. The summed E-state index contributed by atoms with van der Waals surface area (Å²) in [6.45, 7) is 4.88. The fraction of sp³-hybridized carbons (Fsp3) is 0.500. The van der Waals surface area contributed by atoms with Crippen molar-refractivity contribution in [3.8, 4) is 0 Å².